The molecule has 0 aliphatic heterocycles. The van der Waals surface area contributed by atoms with Crippen LogP contribution in [0.25, 0.3) is 0 Å². The standard InChI is InChI=1S/C13H17NO2/c1-8(2)14-12-6-5-9-3-4-10(13(15)16)7-11(9)12/h3-4,7-8,12,14H,5-6H2,1-2H3,(H,15,16). The zero-order valence-electron chi connectivity index (χ0n) is 9.66. The van der Waals surface area contributed by atoms with Gasteiger partial charge in [-0.2, -0.15) is 0 Å². The zero-order chi connectivity index (χ0) is 11.7. The van der Waals surface area contributed by atoms with Crippen LogP contribution in [-0.4, -0.2) is 17.1 Å². The van der Waals surface area contributed by atoms with E-state index in [-0.39, 0.29) is 0 Å². The van der Waals surface area contributed by atoms with Crippen molar-refractivity contribution in [2.24, 2.45) is 0 Å². The van der Waals surface area contributed by atoms with E-state index in [1.807, 2.05) is 12.1 Å². The Morgan fingerprint density at radius 3 is 2.88 bits per heavy atom. The lowest BCUT2D eigenvalue weighted by Crippen LogP contribution is -2.26. The van der Waals surface area contributed by atoms with E-state index >= 15 is 0 Å². The minimum absolute atomic E-state index is 0.314. The van der Waals surface area contributed by atoms with Gasteiger partial charge in [0.15, 0.2) is 0 Å². The molecule has 1 aromatic rings. The molecule has 0 spiro atoms. The molecule has 0 heterocycles. The van der Waals surface area contributed by atoms with Crippen LogP contribution in [0.4, 0.5) is 0 Å². The summed E-state index contributed by atoms with van der Waals surface area (Å²) in [4.78, 5) is 10.9. The van der Waals surface area contributed by atoms with Gasteiger partial charge in [0.1, 0.15) is 0 Å². The average molecular weight is 219 g/mol. The van der Waals surface area contributed by atoms with Gasteiger partial charge in [0, 0.05) is 12.1 Å². The summed E-state index contributed by atoms with van der Waals surface area (Å²) in [6.45, 7) is 4.22. The molecule has 0 aromatic heterocycles. The molecule has 1 aliphatic carbocycles. The Hall–Kier alpha value is -1.35. The summed E-state index contributed by atoms with van der Waals surface area (Å²) in [6.07, 6.45) is 2.11. The van der Waals surface area contributed by atoms with Crippen LogP contribution >= 0.6 is 0 Å². The molecule has 16 heavy (non-hydrogen) atoms. The SMILES string of the molecule is CC(C)NC1CCc2ccc(C(=O)O)cc21. The van der Waals surface area contributed by atoms with E-state index in [2.05, 4.69) is 19.2 Å². The van der Waals surface area contributed by atoms with Gasteiger partial charge in [0.05, 0.1) is 5.56 Å². The number of aryl methyl sites for hydroxylation is 1. The summed E-state index contributed by atoms with van der Waals surface area (Å²) in [5.74, 6) is -0.849. The molecule has 0 radical (unpaired) electrons. The number of hydrogen-bond donors (Lipinski definition) is 2. The quantitative estimate of drug-likeness (QED) is 0.820. The van der Waals surface area contributed by atoms with E-state index < -0.39 is 5.97 Å². The summed E-state index contributed by atoms with van der Waals surface area (Å²) in [5, 5.41) is 12.4. The molecule has 0 saturated heterocycles. The lowest BCUT2D eigenvalue weighted by Gasteiger charge is -2.17. The molecule has 0 amide bonds. The Morgan fingerprint density at radius 1 is 1.50 bits per heavy atom. The van der Waals surface area contributed by atoms with E-state index in [1.54, 1.807) is 6.07 Å². The number of rotatable bonds is 3. The minimum atomic E-state index is -0.849. The van der Waals surface area contributed by atoms with Crippen LogP contribution in [0.1, 0.15) is 47.8 Å². The van der Waals surface area contributed by atoms with E-state index in [1.165, 1.54) is 5.56 Å². The van der Waals surface area contributed by atoms with Gasteiger partial charge < -0.3 is 10.4 Å². The van der Waals surface area contributed by atoms with Crippen molar-refractivity contribution in [3.8, 4) is 0 Å². The van der Waals surface area contributed by atoms with Gasteiger partial charge in [-0.15, -0.1) is 0 Å². The highest BCUT2D eigenvalue weighted by Gasteiger charge is 2.23. The van der Waals surface area contributed by atoms with Gasteiger partial charge in [-0.25, -0.2) is 4.79 Å². The summed E-state index contributed by atoms with van der Waals surface area (Å²) >= 11 is 0. The normalized spacial score (nSPS) is 18.8. The molecule has 1 aliphatic rings. The first kappa shape index (κ1) is 11.1. The van der Waals surface area contributed by atoms with Crippen LogP contribution in [0.3, 0.4) is 0 Å². The molecule has 3 nitrogen and oxygen atoms in total. The van der Waals surface area contributed by atoms with Crippen molar-refractivity contribution in [3.63, 3.8) is 0 Å². The number of carbonyl (C=O) groups is 1. The lowest BCUT2D eigenvalue weighted by atomic mass is 10.0. The molecule has 0 saturated carbocycles. The van der Waals surface area contributed by atoms with Crippen molar-refractivity contribution in [2.75, 3.05) is 0 Å². The Labute approximate surface area is 95.5 Å². The van der Waals surface area contributed by atoms with Crippen LogP contribution in [0, 0.1) is 0 Å². The molecule has 86 valence electrons. The summed E-state index contributed by atoms with van der Waals surface area (Å²) < 4.78 is 0. The van der Waals surface area contributed by atoms with Crippen molar-refractivity contribution >= 4 is 5.97 Å². The highest BCUT2D eigenvalue weighted by molar-refractivity contribution is 5.88. The molecular formula is C13H17NO2. The Balaban J connectivity index is 2.29. The first-order valence-electron chi connectivity index (χ1n) is 5.70. The minimum Gasteiger partial charge on any atom is -0.478 e. The van der Waals surface area contributed by atoms with E-state index in [9.17, 15) is 4.79 Å². The van der Waals surface area contributed by atoms with Crippen LogP contribution < -0.4 is 5.32 Å². The molecule has 2 N–H and O–H groups in total. The summed E-state index contributed by atoms with van der Waals surface area (Å²) in [6, 6.07) is 6.18. The number of aromatic carboxylic acids is 1. The van der Waals surface area contributed by atoms with Gasteiger partial charge in [-0.05, 0) is 36.1 Å². The fraction of sp³-hybridized carbons (Fsp3) is 0.462. The summed E-state index contributed by atoms with van der Waals surface area (Å²) in [7, 11) is 0. The fourth-order valence-electron chi connectivity index (χ4n) is 2.31. The number of carboxylic acid groups (broad SMARTS) is 1. The Bertz CT molecular complexity index is 412. The Kier molecular flexibility index (Phi) is 2.97. The van der Waals surface area contributed by atoms with Crippen molar-refractivity contribution in [1.29, 1.82) is 0 Å². The van der Waals surface area contributed by atoms with Gasteiger partial charge in [0.2, 0.25) is 0 Å². The largest absolute Gasteiger partial charge is 0.478 e. The van der Waals surface area contributed by atoms with Gasteiger partial charge in [0.25, 0.3) is 0 Å². The predicted octanol–water partition coefficient (Wildman–Crippen LogP) is 2.37. The number of benzene rings is 1. The maximum atomic E-state index is 10.9. The second-order valence-electron chi connectivity index (χ2n) is 4.63. The van der Waals surface area contributed by atoms with Crippen molar-refractivity contribution in [3.05, 3.63) is 34.9 Å². The topological polar surface area (TPSA) is 49.3 Å². The van der Waals surface area contributed by atoms with Gasteiger partial charge in [-0.1, -0.05) is 19.9 Å². The lowest BCUT2D eigenvalue weighted by molar-refractivity contribution is 0.0697. The number of fused-ring (bicyclic) bond motifs is 1. The van der Waals surface area contributed by atoms with Gasteiger partial charge in [-0.3, -0.25) is 0 Å². The van der Waals surface area contributed by atoms with Crippen molar-refractivity contribution in [1.82, 2.24) is 5.32 Å². The fourth-order valence-corrected chi connectivity index (χ4v) is 2.31. The number of carboxylic acids is 1. The molecule has 1 atom stereocenters. The van der Waals surface area contributed by atoms with Crippen molar-refractivity contribution < 1.29 is 9.90 Å². The van der Waals surface area contributed by atoms with Crippen LogP contribution in [0.2, 0.25) is 0 Å². The van der Waals surface area contributed by atoms with E-state index in [0.717, 1.165) is 18.4 Å². The monoisotopic (exact) mass is 219 g/mol. The second-order valence-corrected chi connectivity index (χ2v) is 4.63. The second kappa shape index (κ2) is 4.26. The molecule has 0 bridgehead atoms. The smallest absolute Gasteiger partial charge is 0.335 e. The highest BCUT2D eigenvalue weighted by atomic mass is 16.4. The maximum Gasteiger partial charge on any atom is 0.335 e. The maximum absolute atomic E-state index is 10.9. The van der Waals surface area contributed by atoms with Crippen molar-refractivity contribution in [2.45, 2.75) is 38.8 Å². The average Bonchev–Trinajstić information content (AvgIpc) is 2.60. The first-order chi connectivity index (χ1) is 7.58. The molecular weight excluding hydrogens is 202 g/mol. The zero-order valence-corrected chi connectivity index (χ0v) is 9.66. The van der Waals surface area contributed by atoms with E-state index in [0.29, 0.717) is 17.6 Å². The number of nitrogens with one attached hydrogen (secondary N) is 1. The predicted molar refractivity (Wildman–Crippen MR) is 62.7 cm³/mol. The number of hydrogen-bond acceptors (Lipinski definition) is 2. The molecule has 2 rings (SSSR count). The van der Waals surface area contributed by atoms with E-state index in [4.69, 9.17) is 5.11 Å². The van der Waals surface area contributed by atoms with Crippen LogP contribution in [0.15, 0.2) is 18.2 Å². The molecule has 0 fully saturated rings. The van der Waals surface area contributed by atoms with Crippen LogP contribution in [0.5, 0.6) is 0 Å². The molecule has 1 aromatic carbocycles. The highest BCUT2D eigenvalue weighted by Crippen LogP contribution is 2.32. The molecule has 3 heteroatoms. The van der Waals surface area contributed by atoms with Crippen LogP contribution in [-0.2, 0) is 6.42 Å². The molecule has 1 unspecified atom stereocenters. The third-order valence-electron chi connectivity index (χ3n) is 3.01. The van der Waals surface area contributed by atoms with Gasteiger partial charge >= 0.3 is 5.97 Å². The third-order valence-corrected chi connectivity index (χ3v) is 3.01. The first-order valence-corrected chi connectivity index (χ1v) is 5.70. The summed E-state index contributed by atoms with van der Waals surface area (Å²) in [5.41, 5.74) is 2.83. The third kappa shape index (κ3) is 2.09. The Morgan fingerprint density at radius 2 is 2.25 bits per heavy atom.